The molecule has 6 heteroatoms. The molecule has 0 radical (unpaired) electrons. The van der Waals surface area contributed by atoms with E-state index in [1.165, 1.54) is 6.20 Å². The van der Waals surface area contributed by atoms with Crippen molar-refractivity contribution in [2.75, 3.05) is 5.73 Å². The van der Waals surface area contributed by atoms with E-state index in [2.05, 4.69) is 20.2 Å². The predicted octanol–water partition coefficient (Wildman–Crippen LogP) is 0.357. The Hall–Kier alpha value is -1.36. The van der Waals surface area contributed by atoms with Gasteiger partial charge in [-0.05, 0) is 0 Å². The lowest BCUT2D eigenvalue weighted by Gasteiger charge is -1.88. The van der Waals surface area contributed by atoms with Crippen LogP contribution in [0.15, 0.2) is 12.4 Å². The third kappa shape index (κ3) is 1.22. The minimum absolute atomic E-state index is 0. The monoisotopic (exact) mass is 171 g/mol. The number of nitrogens with two attached hydrogens (primary N) is 1. The molecule has 0 aliphatic heterocycles. The molecule has 58 valence electrons. The Morgan fingerprint density at radius 1 is 1.36 bits per heavy atom. The molecule has 0 bridgehead atoms. The van der Waals surface area contributed by atoms with Gasteiger partial charge in [-0.1, -0.05) is 0 Å². The number of hydrogen-bond donors (Lipinski definition) is 2. The lowest BCUT2D eigenvalue weighted by molar-refractivity contribution is 1.10. The van der Waals surface area contributed by atoms with Gasteiger partial charge in [-0.25, -0.2) is 9.97 Å². The van der Waals surface area contributed by atoms with Gasteiger partial charge in [-0.3, -0.25) is 5.10 Å². The SMILES string of the molecule is Cl.Nc1cnc2cn[nH]c2n1. The third-order valence-electron chi connectivity index (χ3n) is 1.18. The topological polar surface area (TPSA) is 80.5 Å². The van der Waals surface area contributed by atoms with Crippen molar-refractivity contribution in [1.82, 2.24) is 20.2 Å². The normalized spacial score (nSPS) is 9.45. The number of nitrogens with zero attached hydrogens (tertiary/aromatic N) is 3. The first-order valence-corrected chi connectivity index (χ1v) is 2.78. The molecule has 0 spiro atoms. The van der Waals surface area contributed by atoms with Crippen molar-refractivity contribution in [1.29, 1.82) is 0 Å². The fraction of sp³-hybridized carbons (Fsp3) is 0. The molecule has 0 amide bonds. The van der Waals surface area contributed by atoms with Crippen LogP contribution in [0.1, 0.15) is 0 Å². The van der Waals surface area contributed by atoms with E-state index in [9.17, 15) is 0 Å². The van der Waals surface area contributed by atoms with Gasteiger partial charge in [0, 0.05) is 0 Å². The Morgan fingerprint density at radius 3 is 3.00 bits per heavy atom. The molecule has 0 fully saturated rings. The van der Waals surface area contributed by atoms with Crippen molar-refractivity contribution in [3.05, 3.63) is 12.4 Å². The van der Waals surface area contributed by atoms with E-state index in [1.54, 1.807) is 6.20 Å². The number of halogens is 1. The van der Waals surface area contributed by atoms with Gasteiger partial charge < -0.3 is 5.73 Å². The molecule has 5 nitrogen and oxygen atoms in total. The first-order chi connectivity index (χ1) is 4.86. The van der Waals surface area contributed by atoms with E-state index in [-0.39, 0.29) is 12.4 Å². The molecular weight excluding hydrogens is 166 g/mol. The van der Waals surface area contributed by atoms with Crippen LogP contribution in [0, 0.1) is 0 Å². The highest BCUT2D eigenvalue weighted by atomic mass is 35.5. The van der Waals surface area contributed by atoms with Crippen LogP contribution in [0.4, 0.5) is 5.82 Å². The molecule has 0 saturated carbocycles. The Kier molecular flexibility index (Phi) is 1.91. The molecule has 0 unspecified atom stereocenters. The minimum atomic E-state index is 0. The summed E-state index contributed by atoms with van der Waals surface area (Å²) in [5, 5.41) is 6.39. The maximum absolute atomic E-state index is 5.36. The summed E-state index contributed by atoms with van der Waals surface area (Å²) in [5.74, 6) is 0.400. The van der Waals surface area contributed by atoms with Crippen LogP contribution in [0.25, 0.3) is 11.2 Å². The molecule has 11 heavy (non-hydrogen) atoms. The fourth-order valence-electron chi connectivity index (χ4n) is 0.743. The van der Waals surface area contributed by atoms with E-state index in [1.807, 2.05) is 0 Å². The van der Waals surface area contributed by atoms with Crippen molar-refractivity contribution in [2.24, 2.45) is 0 Å². The molecule has 2 rings (SSSR count). The number of rotatable bonds is 0. The molecule has 0 saturated heterocycles. The fourth-order valence-corrected chi connectivity index (χ4v) is 0.743. The van der Waals surface area contributed by atoms with Gasteiger partial charge in [-0.2, -0.15) is 5.10 Å². The highest BCUT2D eigenvalue weighted by molar-refractivity contribution is 5.85. The van der Waals surface area contributed by atoms with Crippen molar-refractivity contribution < 1.29 is 0 Å². The predicted molar refractivity (Wildman–Crippen MR) is 43.3 cm³/mol. The standard InChI is InChI=1S/C5H5N5.ClH/c6-4-2-7-3-1-8-10-5(3)9-4;/h1-2H,(H3,6,8,9,10);1H. The number of fused-ring (bicyclic) bond motifs is 1. The van der Waals surface area contributed by atoms with Gasteiger partial charge >= 0.3 is 0 Å². The van der Waals surface area contributed by atoms with Crippen molar-refractivity contribution >= 4 is 29.4 Å². The van der Waals surface area contributed by atoms with E-state index in [0.29, 0.717) is 11.5 Å². The first-order valence-electron chi connectivity index (χ1n) is 2.78. The van der Waals surface area contributed by atoms with Crippen LogP contribution in [0.3, 0.4) is 0 Å². The smallest absolute Gasteiger partial charge is 0.176 e. The maximum Gasteiger partial charge on any atom is 0.176 e. The molecule has 0 aromatic carbocycles. The summed E-state index contributed by atoms with van der Waals surface area (Å²) in [6, 6.07) is 0. The summed E-state index contributed by atoms with van der Waals surface area (Å²) < 4.78 is 0. The quantitative estimate of drug-likeness (QED) is 0.600. The summed E-state index contributed by atoms with van der Waals surface area (Å²) in [6.45, 7) is 0. The zero-order valence-corrected chi connectivity index (χ0v) is 6.30. The third-order valence-corrected chi connectivity index (χ3v) is 1.18. The van der Waals surface area contributed by atoms with Crippen molar-refractivity contribution in [2.45, 2.75) is 0 Å². The van der Waals surface area contributed by atoms with Crippen LogP contribution in [0.2, 0.25) is 0 Å². The number of anilines is 1. The van der Waals surface area contributed by atoms with E-state index >= 15 is 0 Å². The summed E-state index contributed by atoms with van der Waals surface area (Å²) in [7, 11) is 0. The van der Waals surface area contributed by atoms with Crippen LogP contribution >= 0.6 is 12.4 Å². The Bertz CT molecular complexity index is 356. The van der Waals surface area contributed by atoms with Gasteiger partial charge in [0.2, 0.25) is 0 Å². The number of nitrogens with one attached hydrogen (secondary N) is 1. The van der Waals surface area contributed by atoms with Crippen LogP contribution in [-0.4, -0.2) is 20.2 Å². The Balaban J connectivity index is 0.000000605. The zero-order valence-electron chi connectivity index (χ0n) is 5.48. The number of nitrogen functional groups attached to an aromatic ring is 1. The average Bonchev–Trinajstić information content (AvgIpc) is 2.33. The molecular formula is C5H6ClN5. The molecule has 2 heterocycles. The summed E-state index contributed by atoms with van der Waals surface area (Å²) in [6.07, 6.45) is 3.10. The highest BCUT2D eigenvalue weighted by Crippen LogP contribution is 2.04. The molecule has 0 aliphatic carbocycles. The molecule has 3 N–H and O–H groups in total. The average molecular weight is 172 g/mol. The second-order valence-electron chi connectivity index (χ2n) is 1.90. The van der Waals surface area contributed by atoms with Crippen LogP contribution < -0.4 is 5.73 Å². The first kappa shape index (κ1) is 7.74. The maximum atomic E-state index is 5.36. The second-order valence-corrected chi connectivity index (χ2v) is 1.90. The minimum Gasteiger partial charge on any atom is -0.382 e. The van der Waals surface area contributed by atoms with Crippen LogP contribution in [-0.2, 0) is 0 Å². The molecule has 0 aliphatic rings. The summed E-state index contributed by atoms with van der Waals surface area (Å²) in [5.41, 5.74) is 6.72. The Morgan fingerprint density at radius 2 is 2.18 bits per heavy atom. The van der Waals surface area contributed by atoms with Crippen molar-refractivity contribution in [3.8, 4) is 0 Å². The lowest BCUT2D eigenvalue weighted by Crippen LogP contribution is -1.90. The largest absolute Gasteiger partial charge is 0.382 e. The van der Waals surface area contributed by atoms with E-state index in [0.717, 1.165) is 5.52 Å². The number of hydrogen-bond acceptors (Lipinski definition) is 4. The second kappa shape index (κ2) is 2.71. The van der Waals surface area contributed by atoms with Gasteiger partial charge in [0.25, 0.3) is 0 Å². The highest BCUT2D eigenvalue weighted by Gasteiger charge is 1.95. The van der Waals surface area contributed by atoms with Crippen LogP contribution in [0.5, 0.6) is 0 Å². The molecule has 0 atom stereocenters. The zero-order chi connectivity index (χ0) is 6.97. The Labute approximate surface area is 68.4 Å². The number of H-pyrrole nitrogens is 1. The van der Waals surface area contributed by atoms with E-state index < -0.39 is 0 Å². The van der Waals surface area contributed by atoms with Crippen molar-refractivity contribution in [3.63, 3.8) is 0 Å². The van der Waals surface area contributed by atoms with Gasteiger partial charge in [-0.15, -0.1) is 12.4 Å². The van der Waals surface area contributed by atoms with Gasteiger partial charge in [0.1, 0.15) is 11.3 Å². The number of aromatic amines is 1. The summed E-state index contributed by atoms with van der Waals surface area (Å²) in [4.78, 5) is 7.89. The molecule has 2 aromatic heterocycles. The summed E-state index contributed by atoms with van der Waals surface area (Å²) >= 11 is 0. The van der Waals surface area contributed by atoms with E-state index in [4.69, 9.17) is 5.73 Å². The molecule has 2 aromatic rings. The lowest BCUT2D eigenvalue weighted by atomic mass is 10.5. The number of aromatic nitrogens is 4. The van der Waals surface area contributed by atoms with Gasteiger partial charge in [0.15, 0.2) is 5.65 Å². The van der Waals surface area contributed by atoms with Gasteiger partial charge in [0.05, 0.1) is 12.4 Å².